The first-order chi connectivity index (χ1) is 14.2. The van der Waals surface area contributed by atoms with E-state index in [4.69, 9.17) is 0 Å². The van der Waals surface area contributed by atoms with Crippen molar-refractivity contribution in [2.24, 2.45) is 0 Å². The van der Waals surface area contributed by atoms with E-state index in [2.05, 4.69) is 12.2 Å². The number of aliphatic hydroxyl groups is 2. The third kappa shape index (κ3) is 12.7. The molecule has 0 spiro atoms. The summed E-state index contributed by atoms with van der Waals surface area (Å²) in [4.78, 5) is 12.2. The van der Waals surface area contributed by atoms with Gasteiger partial charge in [0.25, 0.3) is 5.91 Å². The zero-order chi connectivity index (χ0) is 21.2. The van der Waals surface area contributed by atoms with Crippen molar-refractivity contribution in [2.45, 2.75) is 109 Å². The Balaban J connectivity index is 2.02. The van der Waals surface area contributed by atoms with E-state index in [1.807, 2.05) is 6.07 Å². The molecule has 1 aromatic carbocycles. The first kappa shape index (κ1) is 25.6. The molecule has 0 aliphatic rings. The fraction of sp³-hybridized carbons (Fsp3) is 0.720. The monoisotopic (exact) mass is 405 g/mol. The number of hydrogen-bond acceptors (Lipinski definition) is 3. The lowest BCUT2D eigenvalue weighted by molar-refractivity contribution is 0.0661. The molecule has 0 unspecified atom stereocenters. The van der Waals surface area contributed by atoms with E-state index in [-0.39, 0.29) is 12.5 Å². The average molecular weight is 406 g/mol. The molecule has 0 aliphatic heterocycles. The van der Waals surface area contributed by atoms with Gasteiger partial charge in [0.2, 0.25) is 0 Å². The fourth-order valence-electron chi connectivity index (χ4n) is 3.68. The highest BCUT2D eigenvalue weighted by atomic mass is 16.3. The molecule has 3 N–H and O–H groups in total. The number of benzene rings is 1. The molecule has 1 amide bonds. The number of unbranched alkanes of at least 4 members (excludes halogenated alkanes) is 12. The van der Waals surface area contributed by atoms with E-state index in [1.165, 1.54) is 70.6 Å². The Labute approximate surface area is 178 Å². The third-order valence-electron chi connectivity index (χ3n) is 5.62. The second-order valence-electron chi connectivity index (χ2n) is 8.23. The molecule has 4 nitrogen and oxygen atoms in total. The van der Waals surface area contributed by atoms with Crippen LogP contribution < -0.4 is 5.32 Å². The molecule has 0 fully saturated rings. The maximum Gasteiger partial charge on any atom is 0.251 e. The van der Waals surface area contributed by atoms with Crippen molar-refractivity contribution < 1.29 is 15.0 Å². The van der Waals surface area contributed by atoms with Crippen LogP contribution in [0.3, 0.4) is 0 Å². The van der Waals surface area contributed by atoms with Crippen molar-refractivity contribution in [3.8, 4) is 0 Å². The molecule has 166 valence electrons. The maximum atomic E-state index is 12.2. The van der Waals surface area contributed by atoms with Crippen LogP contribution in [-0.2, 0) is 0 Å². The number of hydrogen-bond donors (Lipinski definition) is 3. The highest BCUT2D eigenvalue weighted by Crippen LogP contribution is 2.14. The maximum absolute atomic E-state index is 12.2. The third-order valence-corrected chi connectivity index (χ3v) is 5.62. The van der Waals surface area contributed by atoms with Crippen molar-refractivity contribution in [3.05, 3.63) is 35.9 Å². The Morgan fingerprint density at radius 1 is 0.828 bits per heavy atom. The quantitative estimate of drug-likeness (QED) is 0.278. The van der Waals surface area contributed by atoms with Crippen LogP contribution in [0.2, 0.25) is 0 Å². The van der Waals surface area contributed by atoms with Crippen molar-refractivity contribution in [3.63, 3.8) is 0 Å². The molecule has 0 aliphatic carbocycles. The van der Waals surface area contributed by atoms with Gasteiger partial charge in [-0.15, -0.1) is 0 Å². The lowest BCUT2D eigenvalue weighted by atomic mass is 10.0. The van der Waals surface area contributed by atoms with Crippen LogP contribution >= 0.6 is 0 Å². The highest BCUT2D eigenvalue weighted by Gasteiger charge is 2.20. The molecule has 2 atom stereocenters. The standard InChI is InChI=1S/C25H43NO3/c1-2-3-4-5-6-7-8-9-10-11-12-13-17-20-24(28)23(21-27)26-25(29)22-18-15-14-16-19-22/h14-16,18-19,23-24,27-28H,2-13,17,20-21H2,1H3,(H,26,29)/t23-,24-/m0/s1. The van der Waals surface area contributed by atoms with Gasteiger partial charge >= 0.3 is 0 Å². The van der Waals surface area contributed by atoms with Gasteiger partial charge in [-0.05, 0) is 18.6 Å². The van der Waals surface area contributed by atoms with E-state index in [0.717, 1.165) is 12.8 Å². The Bertz CT molecular complexity index is 506. The van der Waals surface area contributed by atoms with Crippen LogP contribution in [0, 0.1) is 0 Å². The van der Waals surface area contributed by atoms with Crippen molar-refractivity contribution >= 4 is 5.91 Å². The van der Waals surface area contributed by atoms with Gasteiger partial charge in [0.1, 0.15) is 0 Å². The zero-order valence-corrected chi connectivity index (χ0v) is 18.5. The Kier molecular flexibility index (Phi) is 15.4. The fourth-order valence-corrected chi connectivity index (χ4v) is 3.68. The van der Waals surface area contributed by atoms with Crippen LogP contribution in [0.1, 0.15) is 107 Å². The normalized spacial score (nSPS) is 13.2. The van der Waals surface area contributed by atoms with Crippen LogP contribution in [0.15, 0.2) is 30.3 Å². The molecule has 0 saturated carbocycles. The molecule has 1 aromatic rings. The number of nitrogens with one attached hydrogen (secondary N) is 1. The zero-order valence-electron chi connectivity index (χ0n) is 18.5. The van der Waals surface area contributed by atoms with Gasteiger partial charge in [-0.2, -0.15) is 0 Å². The van der Waals surface area contributed by atoms with Gasteiger partial charge < -0.3 is 15.5 Å². The predicted molar refractivity (Wildman–Crippen MR) is 121 cm³/mol. The van der Waals surface area contributed by atoms with E-state index >= 15 is 0 Å². The number of amides is 1. The summed E-state index contributed by atoms with van der Waals surface area (Å²) in [5.41, 5.74) is 0.541. The van der Waals surface area contributed by atoms with E-state index in [9.17, 15) is 15.0 Å². The van der Waals surface area contributed by atoms with Gasteiger partial charge in [-0.1, -0.05) is 109 Å². The Hall–Kier alpha value is -1.39. The molecule has 0 bridgehead atoms. The van der Waals surface area contributed by atoms with Gasteiger partial charge in [0.05, 0.1) is 18.8 Å². The number of carbonyl (C=O) groups is 1. The van der Waals surface area contributed by atoms with Crippen LogP contribution in [0.5, 0.6) is 0 Å². The minimum absolute atomic E-state index is 0.252. The summed E-state index contributed by atoms with van der Waals surface area (Å²) < 4.78 is 0. The van der Waals surface area contributed by atoms with Gasteiger partial charge in [0.15, 0.2) is 0 Å². The van der Waals surface area contributed by atoms with Crippen LogP contribution in [-0.4, -0.2) is 34.9 Å². The van der Waals surface area contributed by atoms with Crippen molar-refractivity contribution in [2.75, 3.05) is 6.61 Å². The summed E-state index contributed by atoms with van der Waals surface area (Å²) in [6, 6.07) is 8.29. The molecular weight excluding hydrogens is 362 g/mol. The van der Waals surface area contributed by atoms with Crippen molar-refractivity contribution in [1.82, 2.24) is 5.32 Å². The van der Waals surface area contributed by atoms with Crippen LogP contribution in [0.4, 0.5) is 0 Å². The first-order valence-electron chi connectivity index (χ1n) is 11.8. The topological polar surface area (TPSA) is 69.6 Å². The number of rotatable bonds is 18. The summed E-state index contributed by atoms with van der Waals surface area (Å²) in [6.07, 6.45) is 16.7. The van der Waals surface area contributed by atoms with Gasteiger partial charge in [-0.25, -0.2) is 0 Å². The van der Waals surface area contributed by atoms with Gasteiger partial charge in [-0.3, -0.25) is 4.79 Å². The van der Waals surface area contributed by atoms with Crippen molar-refractivity contribution in [1.29, 1.82) is 0 Å². The second-order valence-corrected chi connectivity index (χ2v) is 8.23. The van der Waals surface area contributed by atoms with Crippen LogP contribution in [0.25, 0.3) is 0 Å². The molecule has 1 rings (SSSR count). The summed E-state index contributed by atoms with van der Waals surface area (Å²) >= 11 is 0. The summed E-state index contributed by atoms with van der Waals surface area (Å²) in [6.45, 7) is 2.01. The molecule has 0 radical (unpaired) electrons. The summed E-state index contributed by atoms with van der Waals surface area (Å²) in [5, 5.41) is 22.6. The SMILES string of the molecule is CCCCCCCCCCCCCCC[C@H](O)[C@H](CO)NC(=O)c1ccccc1. The number of carbonyl (C=O) groups excluding carboxylic acids is 1. The minimum Gasteiger partial charge on any atom is -0.394 e. The average Bonchev–Trinajstić information content (AvgIpc) is 2.75. The first-order valence-corrected chi connectivity index (χ1v) is 11.8. The second kappa shape index (κ2) is 17.5. The highest BCUT2D eigenvalue weighted by molar-refractivity contribution is 5.94. The lowest BCUT2D eigenvalue weighted by Gasteiger charge is -2.22. The molecule has 0 saturated heterocycles. The molecular formula is C25H43NO3. The number of aliphatic hydroxyl groups excluding tert-OH is 2. The summed E-state index contributed by atoms with van der Waals surface area (Å²) in [7, 11) is 0. The lowest BCUT2D eigenvalue weighted by Crippen LogP contribution is -2.45. The largest absolute Gasteiger partial charge is 0.394 e. The van der Waals surface area contributed by atoms with E-state index < -0.39 is 12.1 Å². The summed E-state index contributed by atoms with van der Waals surface area (Å²) in [5.74, 6) is -0.255. The molecule has 29 heavy (non-hydrogen) atoms. The minimum atomic E-state index is -0.708. The Morgan fingerprint density at radius 2 is 1.31 bits per heavy atom. The Morgan fingerprint density at radius 3 is 1.79 bits per heavy atom. The molecule has 0 heterocycles. The van der Waals surface area contributed by atoms with E-state index in [1.54, 1.807) is 24.3 Å². The predicted octanol–water partition coefficient (Wildman–Crippen LogP) is 5.62. The molecule has 0 aromatic heterocycles. The smallest absolute Gasteiger partial charge is 0.251 e. The molecule has 4 heteroatoms. The van der Waals surface area contributed by atoms with E-state index in [0.29, 0.717) is 12.0 Å². The van der Waals surface area contributed by atoms with Gasteiger partial charge in [0, 0.05) is 5.56 Å².